The van der Waals surface area contributed by atoms with Crippen LogP contribution in [0.1, 0.15) is 46.1 Å². The van der Waals surface area contributed by atoms with Gasteiger partial charge in [-0.3, -0.25) is 9.79 Å². The minimum atomic E-state index is -5.51. The summed E-state index contributed by atoms with van der Waals surface area (Å²) >= 11 is 0. The Morgan fingerprint density at radius 3 is 2.40 bits per heavy atom. The fraction of sp³-hybridized carbons (Fsp3) is 0.296. The third-order valence-corrected chi connectivity index (χ3v) is 7.05. The quantitative estimate of drug-likeness (QED) is 0.237. The van der Waals surface area contributed by atoms with E-state index in [4.69, 9.17) is 0 Å². The second-order valence-corrected chi connectivity index (χ2v) is 9.62. The van der Waals surface area contributed by atoms with Crippen molar-refractivity contribution in [2.24, 2.45) is 9.98 Å². The summed E-state index contributed by atoms with van der Waals surface area (Å²) in [4.78, 5) is 19.1. The molecule has 0 amide bonds. The standard InChI is InChI=1S/C27H20F8N4O/c1-13-6-8-39-14(2)16(12-38-7-4-3-5-19(38)18-11-36-25(37-18)27(33,34)35)15-10-17(28)22(24(40)26(30,31)32)23(29)21(15)20(39)9-13/h3-10,14,16H,11-12H2,1-2H3/q+2. The van der Waals surface area contributed by atoms with Crippen LogP contribution in [-0.2, 0) is 6.54 Å². The SMILES string of the molecule is Cc1cc[n+]2c(c1)-c1c(cc(F)c(C(=O)C(F)(F)F)c1F)C(C[n+]1ccccc1C1=NC(C(F)(F)F)=NC1)C2C. The first kappa shape index (κ1) is 27.5. The van der Waals surface area contributed by atoms with Gasteiger partial charge in [0, 0.05) is 24.3 Å². The summed E-state index contributed by atoms with van der Waals surface area (Å²) in [5.41, 5.74) is -0.899. The molecule has 0 radical (unpaired) electrons. The third-order valence-electron chi connectivity index (χ3n) is 7.05. The number of aliphatic imine (C=N–C) groups is 2. The summed E-state index contributed by atoms with van der Waals surface area (Å²) in [6.07, 6.45) is -7.08. The Hall–Kier alpha value is -4.03. The molecule has 0 saturated carbocycles. The highest BCUT2D eigenvalue weighted by atomic mass is 19.4. The molecule has 2 aromatic heterocycles. The van der Waals surface area contributed by atoms with E-state index in [0.717, 1.165) is 6.07 Å². The van der Waals surface area contributed by atoms with Gasteiger partial charge in [0.1, 0.15) is 17.4 Å². The van der Waals surface area contributed by atoms with Gasteiger partial charge in [0.15, 0.2) is 30.8 Å². The van der Waals surface area contributed by atoms with Crippen LogP contribution in [0.4, 0.5) is 35.1 Å². The van der Waals surface area contributed by atoms with E-state index < -0.39 is 53.1 Å². The highest BCUT2D eigenvalue weighted by Gasteiger charge is 2.48. The van der Waals surface area contributed by atoms with Crippen molar-refractivity contribution in [2.75, 3.05) is 6.54 Å². The first-order chi connectivity index (χ1) is 18.7. The summed E-state index contributed by atoms with van der Waals surface area (Å²) in [6, 6.07) is 8.19. The van der Waals surface area contributed by atoms with Crippen molar-refractivity contribution >= 4 is 17.3 Å². The van der Waals surface area contributed by atoms with E-state index in [-0.39, 0.29) is 41.3 Å². The Bertz CT molecular complexity index is 1610. The zero-order valence-corrected chi connectivity index (χ0v) is 20.9. The second kappa shape index (κ2) is 9.56. The molecule has 0 bridgehead atoms. The summed E-state index contributed by atoms with van der Waals surface area (Å²) in [6.45, 7) is 3.07. The first-order valence-corrected chi connectivity index (χ1v) is 12.0. The molecule has 2 unspecified atom stereocenters. The maximum Gasteiger partial charge on any atom is 0.455 e. The molecule has 5 rings (SSSR count). The number of fused-ring (bicyclic) bond motifs is 3. The van der Waals surface area contributed by atoms with Crippen molar-refractivity contribution in [2.45, 2.75) is 44.7 Å². The molecule has 40 heavy (non-hydrogen) atoms. The van der Waals surface area contributed by atoms with E-state index in [1.807, 2.05) is 0 Å². The molecule has 0 spiro atoms. The molecule has 13 heteroatoms. The number of pyridine rings is 2. The predicted octanol–water partition coefficient (Wildman–Crippen LogP) is 5.38. The number of benzene rings is 1. The lowest BCUT2D eigenvalue weighted by atomic mass is 9.81. The number of ketones is 1. The first-order valence-electron chi connectivity index (χ1n) is 12.0. The lowest BCUT2D eigenvalue weighted by molar-refractivity contribution is -0.742. The van der Waals surface area contributed by atoms with Crippen LogP contribution in [0.15, 0.2) is 58.8 Å². The zero-order valence-electron chi connectivity index (χ0n) is 20.9. The normalized spacial score (nSPS) is 18.6. The molecule has 2 atom stereocenters. The molecule has 208 valence electrons. The largest absolute Gasteiger partial charge is 0.455 e. The lowest BCUT2D eigenvalue weighted by Crippen LogP contribution is -2.52. The number of hydrogen-bond acceptors (Lipinski definition) is 3. The molecule has 5 nitrogen and oxygen atoms in total. The van der Waals surface area contributed by atoms with Gasteiger partial charge in [-0.2, -0.15) is 35.5 Å². The van der Waals surface area contributed by atoms with Gasteiger partial charge in [0.05, 0.1) is 17.7 Å². The summed E-state index contributed by atoms with van der Waals surface area (Å²) in [7, 11) is 0. The maximum absolute atomic E-state index is 15.8. The van der Waals surface area contributed by atoms with Gasteiger partial charge in [-0.1, -0.05) is 0 Å². The van der Waals surface area contributed by atoms with Gasteiger partial charge in [0.2, 0.25) is 17.2 Å². The number of alkyl halides is 6. The van der Waals surface area contributed by atoms with Crippen molar-refractivity contribution in [3.8, 4) is 11.3 Å². The topological polar surface area (TPSA) is 49.5 Å². The number of carbonyl (C=O) groups is 1. The van der Waals surface area contributed by atoms with E-state index in [2.05, 4.69) is 9.98 Å². The predicted molar refractivity (Wildman–Crippen MR) is 126 cm³/mol. The average Bonchev–Trinajstić information content (AvgIpc) is 3.37. The summed E-state index contributed by atoms with van der Waals surface area (Å²) in [5, 5.41) is 0. The molecule has 2 aliphatic rings. The fourth-order valence-corrected chi connectivity index (χ4v) is 5.17. The van der Waals surface area contributed by atoms with Crippen LogP contribution in [0.5, 0.6) is 0 Å². The number of carbonyl (C=O) groups excluding carboxylic acids is 1. The highest BCUT2D eigenvalue weighted by molar-refractivity contribution is 6.12. The fourth-order valence-electron chi connectivity index (χ4n) is 5.17. The molecular weight excluding hydrogens is 548 g/mol. The van der Waals surface area contributed by atoms with Gasteiger partial charge < -0.3 is 0 Å². The van der Waals surface area contributed by atoms with E-state index in [1.165, 1.54) is 12.1 Å². The molecule has 2 aliphatic heterocycles. The van der Waals surface area contributed by atoms with E-state index in [9.17, 15) is 31.1 Å². The molecule has 1 aromatic carbocycles. The van der Waals surface area contributed by atoms with Crippen molar-refractivity contribution in [3.05, 3.63) is 82.8 Å². The number of amidine groups is 1. The van der Waals surface area contributed by atoms with Crippen LogP contribution in [0.2, 0.25) is 0 Å². The number of halogens is 8. The molecule has 0 aliphatic carbocycles. The van der Waals surface area contributed by atoms with Crippen molar-refractivity contribution < 1.29 is 49.1 Å². The van der Waals surface area contributed by atoms with Crippen molar-refractivity contribution in [1.82, 2.24) is 0 Å². The molecule has 0 N–H and O–H groups in total. The average molecular weight is 568 g/mol. The number of hydrogen-bond donors (Lipinski definition) is 0. The monoisotopic (exact) mass is 568 g/mol. The molecule has 4 heterocycles. The van der Waals surface area contributed by atoms with Gasteiger partial charge in [0.25, 0.3) is 5.78 Å². The van der Waals surface area contributed by atoms with Crippen molar-refractivity contribution in [1.29, 1.82) is 0 Å². The highest BCUT2D eigenvalue weighted by Crippen LogP contribution is 2.42. The maximum atomic E-state index is 15.8. The Morgan fingerprint density at radius 2 is 1.75 bits per heavy atom. The number of rotatable bonds is 4. The Morgan fingerprint density at radius 1 is 1.02 bits per heavy atom. The number of aromatic nitrogens is 2. The number of aryl methyl sites for hydroxylation is 1. The van der Waals surface area contributed by atoms with Crippen LogP contribution in [0, 0.1) is 18.6 Å². The summed E-state index contributed by atoms with van der Waals surface area (Å²) in [5.74, 6) is -7.97. The van der Waals surface area contributed by atoms with Crippen LogP contribution >= 0.6 is 0 Å². The Kier molecular flexibility index (Phi) is 6.58. The third kappa shape index (κ3) is 4.66. The minimum Gasteiger partial charge on any atom is -0.284 e. The van der Waals surface area contributed by atoms with Gasteiger partial charge in [-0.25, -0.2) is 13.8 Å². The van der Waals surface area contributed by atoms with Crippen molar-refractivity contribution in [3.63, 3.8) is 0 Å². The van der Waals surface area contributed by atoms with E-state index in [0.29, 0.717) is 5.56 Å². The van der Waals surface area contributed by atoms with E-state index >= 15 is 8.78 Å². The zero-order chi connectivity index (χ0) is 29.1. The molecular formula is C27H20F8N4O+2. The molecule has 0 saturated heterocycles. The van der Waals surface area contributed by atoms with Gasteiger partial charge in [-0.15, -0.1) is 0 Å². The Labute approximate surface area is 222 Å². The second-order valence-electron chi connectivity index (χ2n) is 9.62. The number of nitrogens with zero attached hydrogens (tertiary/aromatic N) is 4. The lowest BCUT2D eigenvalue weighted by Gasteiger charge is -2.28. The molecule has 0 fully saturated rings. The van der Waals surface area contributed by atoms with Crippen LogP contribution in [0.25, 0.3) is 11.3 Å². The van der Waals surface area contributed by atoms with Gasteiger partial charge >= 0.3 is 12.4 Å². The van der Waals surface area contributed by atoms with Crippen LogP contribution in [0.3, 0.4) is 0 Å². The smallest absolute Gasteiger partial charge is 0.284 e. The van der Waals surface area contributed by atoms with Gasteiger partial charge in [-0.05, 0) is 37.1 Å². The summed E-state index contributed by atoms with van der Waals surface area (Å²) < 4.78 is 113. The number of Topliss-reactive ketones (excluding diaryl/α,β-unsaturated/α-hetero) is 1. The minimum absolute atomic E-state index is 0.0229. The van der Waals surface area contributed by atoms with Crippen LogP contribution in [-0.4, -0.2) is 36.2 Å². The molecule has 3 aromatic rings. The van der Waals surface area contributed by atoms with E-state index in [1.54, 1.807) is 53.6 Å². The Balaban J connectivity index is 1.66. The van der Waals surface area contributed by atoms with Crippen LogP contribution < -0.4 is 9.13 Å².